The van der Waals surface area contributed by atoms with Gasteiger partial charge in [-0.3, -0.25) is 0 Å². The summed E-state index contributed by atoms with van der Waals surface area (Å²) in [5, 5.41) is 0. The molecule has 0 saturated heterocycles. The van der Waals surface area contributed by atoms with Crippen molar-refractivity contribution >= 4 is 0 Å². The summed E-state index contributed by atoms with van der Waals surface area (Å²) in [5.41, 5.74) is 2.98. The van der Waals surface area contributed by atoms with E-state index < -0.39 is 0 Å². The number of hydrogen-bond acceptors (Lipinski definition) is 0. The van der Waals surface area contributed by atoms with Crippen LogP contribution in [0.3, 0.4) is 0 Å². The van der Waals surface area contributed by atoms with Crippen molar-refractivity contribution < 1.29 is 0 Å². The second-order valence-corrected chi connectivity index (χ2v) is 3.84. The third kappa shape index (κ3) is 1.95. The standard InChI is InChI=1S/C14H16/c1-12-8-4-2-3-5-9-13-10-6-7-11-14(12)13/h2-4,6-8,10-12H,5,9H2,1H3/b3-2-,8-4-. The summed E-state index contributed by atoms with van der Waals surface area (Å²) in [7, 11) is 0. The number of aryl methyl sites for hydroxylation is 1. The van der Waals surface area contributed by atoms with Gasteiger partial charge in [0.05, 0.1) is 0 Å². The third-order valence-corrected chi connectivity index (χ3v) is 2.77. The molecule has 0 N–H and O–H groups in total. The summed E-state index contributed by atoms with van der Waals surface area (Å²) in [6.07, 6.45) is 11.1. The van der Waals surface area contributed by atoms with Crippen LogP contribution in [-0.2, 0) is 6.42 Å². The lowest BCUT2D eigenvalue weighted by Gasteiger charge is -2.11. The predicted molar refractivity (Wildman–Crippen MR) is 61.5 cm³/mol. The molecule has 0 aliphatic heterocycles. The third-order valence-electron chi connectivity index (χ3n) is 2.77. The van der Waals surface area contributed by atoms with E-state index in [9.17, 15) is 0 Å². The van der Waals surface area contributed by atoms with Crippen molar-refractivity contribution in [3.8, 4) is 0 Å². The lowest BCUT2D eigenvalue weighted by molar-refractivity contribution is 0.907. The van der Waals surface area contributed by atoms with Gasteiger partial charge in [0.15, 0.2) is 0 Å². The van der Waals surface area contributed by atoms with Crippen molar-refractivity contribution in [3.05, 3.63) is 59.7 Å². The number of fused-ring (bicyclic) bond motifs is 1. The van der Waals surface area contributed by atoms with Crippen LogP contribution in [0, 0.1) is 0 Å². The van der Waals surface area contributed by atoms with E-state index in [4.69, 9.17) is 0 Å². The van der Waals surface area contributed by atoms with Crippen LogP contribution in [0.1, 0.15) is 30.4 Å². The van der Waals surface area contributed by atoms with Gasteiger partial charge in [0, 0.05) is 0 Å². The Balaban J connectivity index is 2.40. The first-order valence-corrected chi connectivity index (χ1v) is 5.29. The molecule has 0 heteroatoms. The molecule has 1 atom stereocenters. The molecule has 0 heterocycles. The Morgan fingerprint density at radius 3 is 2.93 bits per heavy atom. The van der Waals surface area contributed by atoms with E-state index in [1.54, 1.807) is 0 Å². The lowest BCUT2D eigenvalue weighted by Crippen LogP contribution is -1.96. The highest BCUT2D eigenvalue weighted by atomic mass is 14.1. The Labute approximate surface area is 86.0 Å². The first kappa shape index (κ1) is 9.26. The maximum atomic E-state index is 2.26. The topological polar surface area (TPSA) is 0 Å². The van der Waals surface area contributed by atoms with Crippen LogP contribution in [0.15, 0.2) is 48.6 Å². The van der Waals surface area contributed by atoms with Crippen molar-refractivity contribution in [2.75, 3.05) is 0 Å². The van der Waals surface area contributed by atoms with E-state index in [-0.39, 0.29) is 0 Å². The zero-order valence-corrected chi connectivity index (χ0v) is 8.61. The minimum absolute atomic E-state index is 0.536. The number of hydrogen-bond donors (Lipinski definition) is 0. The molecule has 72 valence electrons. The smallest absolute Gasteiger partial charge is 0.000459 e. The van der Waals surface area contributed by atoms with Gasteiger partial charge in [-0.2, -0.15) is 0 Å². The molecule has 0 radical (unpaired) electrons. The van der Waals surface area contributed by atoms with Crippen molar-refractivity contribution in [2.45, 2.75) is 25.7 Å². The molecule has 0 nitrogen and oxygen atoms in total. The van der Waals surface area contributed by atoms with Crippen molar-refractivity contribution in [1.82, 2.24) is 0 Å². The minimum Gasteiger partial charge on any atom is -0.0842 e. The van der Waals surface area contributed by atoms with Crippen molar-refractivity contribution in [3.63, 3.8) is 0 Å². The van der Waals surface area contributed by atoms with E-state index in [0.29, 0.717) is 5.92 Å². The highest BCUT2D eigenvalue weighted by Gasteiger charge is 2.06. The zero-order valence-electron chi connectivity index (χ0n) is 8.61. The molecule has 0 bridgehead atoms. The van der Waals surface area contributed by atoms with Crippen LogP contribution in [0.25, 0.3) is 0 Å². The normalized spacial score (nSPS) is 25.4. The molecule has 0 amide bonds. The summed E-state index contributed by atoms with van der Waals surface area (Å²) in [5.74, 6) is 0.536. The van der Waals surface area contributed by atoms with Gasteiger partial charge in [-0.1, -0.05) is 55.5 Å². The molecule has 0 spiro atoms. The van der Waals surface area contributed by atoms with Gasteiger partial charge in [0.25, 0.3) is 0 Å². The Morgan fingerprint density at radius 2 is 2.00 bits per heavy atom. The number of allylic oxidation sites excluding steroid dienone is 4. The first-order valence-electron chi connectivity index (χ1n) is 5.29. The summed E-state index contributed by atoms with van der Waals surface area (Å²) < 4.78 is 0. The van der Waals surface area contributed by atoms with E-state index >= 15 is 0 Å². The highest BCUT2D eigenvalue weighted by Crippen LogP contribution is 2.23. The van der Waals surface area contributed by atoms with E-state index in [0.717, 1.165) is 6.42 Å². The summed E-state index contributed by atoms with van der Waals surface area (Å²) >= 11 is 0. The summed E-state index contributed by atoms with van der Waals surface area (Å²) in [6.45, 7) is 2.26. The summed E-state index contributed by atoms with van der Waals surface area (Å²) in [6, 6.07) is 8.76. The average Bonchev–Trinajstić information content (AvgIpc) is 2.30. The fourth-order valence-corrected chi connectivity index (χ4v) is 1.95. The number of rotatable bonds is 0. The largest absolute Gasteiger partial charge is 0.0842 e. The van der Waals surface area contributed by atoms with Gasteiger partial charge >= 0.3 is 0 Å². The van der Waals surface area contributed by atoms with Crippen LogP contribution in [0.5, 0.6) is 0 Å². The van der Waals surface area contributed by atoms with Gasteiger partial charge in [0.2, 0.25) is 0 Å². The molecule has 2 rings (SSSR count). The Kier molecular flexibility index (Phi) is 2.83. The molecule has 1 aliphatic carbocycles. The molecule has 1 unspecified atom stereocenters. The SMILES string of the molecule is CC1/C=C\C=C/CCc2ccccc21. The van der Waals surface area contributed by atoms with Crippen LogP contribution in [0.2, 0.25) is 0 Å². The van der Waals surface area contributed by atoms with Gasteiger partial charge in [-0.15, -0.1) is 0 Å². The molecular formula is C14H16. The van der Waals surface area contributed by atoms with Crippen molar-refractivity contribution in [1.29, 1.82) is 0 Å². The minimum atomic E-state index is 0.536. The monoisotopic (exact) mass is 184 g/mol. The summed E-state index contributed by atoms with van der Waals surface area (Å²) in [4.78, 5) is 0. The predicted octanol–water partition coefficient (Wildman–Crippen LogP) is 3.85. The molecule has 0 fully saturated rings. The van der Waals surface area contributed by atoms with Crippen LogP contribution < -0.4 is 0 Å². The maximum absolute atomic E-state index is 2.26. The van der Waals surface area contributed by atoms with E-state index in [1.165, 1.54) is 17.5 Å². The zero-order chi connectivity index (χ0) is 9.80. The quantitative estimate of drug-likeness (QED) is 0.574. The molecule has 1 aliphatic rings. The molecule has 14 heavy (non-hydrogen) atoms. The second-order valence-electron chi connectivity index (χ2n) is 3.84. The van der Waals surface area contributed by atoms with Crippen molar-refractivity contribution in [2.24, 2.45) is 0 Å². The molecule has 1 aromatic carbocycles. The molecule has 0 saturated carbocycles. The fourth-order valence-electron chi connectivity index (χ4n) is 1.95. The maximum Gasteiger partial charge on any atom is -0.000459 e. The Hall–Kier alpha value is -1.30. The molecular weight excluding hydrogens is 168 g/mol. The first-order chi connectivity index (χ1) is 6.88. The van der Waals surface area contributed by atoms with E-state index in [2.05, 4.69) is 55.5 Å². The number of benzene rings is 1. The Morgan fingerprint density at radius 1 is 1.14 bits per heavy atom. The second kappa shape index (κ2) is 4.28. The average molecular weight is 184 g/mol. The van der Waals surface area contributed by atoms with Gasteiger partial charge in [-0.25, -0.2) is 0 Å². The highest BCUT2D eigenvalue weighted by molar-refractivity contribution is 5.34. The van der Waals surface area contributed by atoms with Crippen LogP contribution >= 0.6 is 0 Å². The molecule has 0 aromatic heterocycles. The van der Waals surface area contributed by atoms with Crippen LogP contribution in [-0.4, -0.2) is 0 Å². The van der Waals surface area contributed by atoms with Gasteiger partial charge in [0.1, 0.15) is 0 Å². The molecule has 1 aromatic rings. The van der Waals surface area contributed by atoms with Crippen LogP contribution in [0.4, 0.5) is 0 Å². The van der Waals surface area contributed by atoms with E-state index in [1.807, 2.05) is 0 Å². The lowest BCUT2D eigenvalue weighted by atomic mass is 9.93. The van der Waals surface area contributed by atoms with Gasteiger partial charge < -0.3 is 0 Å². The van der Waals surface area contributed by atoms with Gasteiger partial charge in [-0.05, 0) is 29.9 Å². The fraction of sp³-hybridized carbons (Fsp3) is 0.286. The Bertz CT molecular complexity index is 358.